The van der Waals surface area contributed by atoms with Gasteiger partial charge in [-0.25, -0.2) is 13.4 Å². The zero-order chi connectivity index (χ0) is 10.0. The molecule has 0 atom stereocenters. The van der Waals surface area contributed by atoms with E-state index >= 15 is 0 Å². The van der Waals surface area contributed by atoms with Gasteiger partial charge in [-0.1, -0.05) is 0 Å². The van der Waals surface area contributed by atoms with E-state index in [1.807, 2.05) is 0 Å². The van der Waals surface area contributed by atoms with Crippen LogP contribution in [0.5, 0.6) is 0 Å². The first-order valence-corrected chi connectivity index (χ1v) is 6.98. The SMILES string of the molecule is Cl.O=S(=O)(c1nccs1)C1CCNCC1. The van der Waals surface area contributed by atoms with Crippen LogP contribution in [0.3, 0.4) is 0 Å². The molecule has 2 rings (SSSR count). The van der Waals surface area contributed by atoms with Crippen molar-refractivity contribution in [3.8, 4) is 0 Å². The number of piperidine rings is 1. The topological polar surface area (TPSA) is 59.1 Å². The minimum Gasteiger partial charge on any atom is -0.317 e. The first kappa shape index (κ1) is 12.9. The molecule has 1 aliphatic heterocycles. The van der Waals surface area contributed by atoms with Crippen LogP contribution in [0.4, 0.5) is 0 Å². The number of nitrogens with zero attached hydrogens (tertiary/aromatic N) is 1. The second-order valence-electron chi connectivity index (χ2n) is 3.29. The molecule has 1 aliphatic rings. The molecule has 2 heterocycles. The van der Waals surface area contributed by atoms with E-state index < -0.39 is 9.84 Å². The molecule has 0 bridgehead atoms. The van der Waals surface area contributed by atoms with Crippen molar-refractivity contribution >= 4 is 33.6 Å². The lowest BCUT2D eigenvalue weighted by Crippen LogP contribution is -2.35. The number of hydrogen-bond donors (Lipinski definition) is 1. The number of aromatic nitrogens is 1. The fourth-order valence-electron chi connectivity index (χ4n) is 1.60. The normalized spacial score (nSPS) is 18.4. The molecule has 4 nitrogen and oxygen atoms in total. The maximum absolute atomic E-state index is 12.0. The predicted molar refractivity (Wildman–Crippen MR) is 62.4 cm³/mol. The van der Waals surface area contributed by atoms with Gasteiger partial charge in [0, 0.05) is 11.6 Å². The number of hydrogen-bond acceptors (Lipinski definition) is 5. The second kappa shape index (κ2) is 5.25. The molecule has 1 fully saturated rings. The highest BCUT2D eigenvalue weighted by Gasteiger charge is 2.30. The molecule has 1 N–H and O–H groups in total. The summed E-state index contributed by atoms with van der Waals surface area (Å²) in [5, 5.41) is 4.61. The largest absolute Gasteiger partial charge is 0.317 e. The third-order valence-corrected chi connectivity index (χ3v) is 5.87. The fraction of sp³-hybridized carbons (Fsp3) is 0.625. The summed E-state index contributed by atoms with van der Waals surface area (Å²) in [7, 11) is -3.15. The molecular formula is C8H13ClN2O2S2. The van der Waals surface area contributed by atoms with E-state index in [1.54, 1.807) is 11.6 Å². The number of nitrogens with one attached hydrogen (secondary N) is 1. The molecule has 86 valence electrons. The molecule has 0 spiro atoms. The van der Waals surface area contributed by atoms with Crippen molar-refractivity contribution in [2.75, 3.05) is 13.1 Å². The van der Waals surface area contributed by atoms with Crippen LogP contribution < -0.4 is 5.32 Å². The lowest BCUT2D eigenvalue weighted by molar-refractivity contribution is 0.496. The van der Waals surface area contributed by atoms with E-state index in [4.69, 9.17) is 0 Å². The number of sulfone groups is 1. The summed E-state index contributed by atoms with van der Waals surface area (Å²) in [4.78, 5) is 3.87. The highest BCUT2D eigenvalue weighted by molar-refractivity contribution is 7.93. The average Bonchev–Trinajstić information content (AvgIpc) is 2.72. The highest BCUT2D eigenvalue weighted by atomic mass is 35.5. The minimum absolute atomic E-state index is 0. The van der Waals surface area contributed by atoms with Crippen LogP contribution in [0, 0.1) is 0 Å². The van der Waals surface area contributed by atoms with Gasteiger partial charge in [-0.3, -0.25) is 0 Å². The van der Waals surface area contributed by atoms with E-state index in [0.717, 1.165) is 13.1 Å². The third kappa shape index (κ3) is 2.69. The third-order valence-electron chi connectivity index (χ3n) is 2.38. The van der Waals surface area contributed by atoms with Gasteiger partial charge < -0.3 is 5.32 Å². The Balaban J connectivity index is 0.00000112. The first-order valence-electron chi connectivity index (χ1n) is 4.55. The lowest BCUT2D eigenvalue weighted by Gasteiger charge is -2.21. The number of halogens is 1. The summed E-state index contributed by atoms with van der Waals surface area (Å²) in [5.41, 5.74) is 0. The monoisotopic (exact) mass is 268 g/mol. The van der Waals surface area contributed by atoms with E-state index in [9.17, 15) is 8.42 Å². The Morgan fingerprint density at radius 2 is 2.07 bits per heavy atom. The molecule has 1 aromatic rings. The van der Waals surface area contributed by atoms with E-state index in [-0.39, 0.29) is 22.0 Å². The standard InChI is InChI=1S/C8H12N2O2S2.ClH/c11-14(12,8-10-5-6-13-8)7-1-3-9-4-2-7;/h5-7,9H,1-4H2;1H. The van der Waals surface area contributed by atoms with Gasteiger partial charge in [0.1, 0.15) is 0 Å². The van der Waals surface area contributed by atoms with Gasteiger partial charge in [-0.05, 0) is 25.9 Å². The Bertz CT molecular complexity index is 385. The Kier molecular flexibility index (Phi) is 4.51. The molecule has 0 aromatic carbocycles. The van der Waals surface area contributed by atoms with Gasteiger partial charge in [0.2, 0.25) is 14.2 Å². The van der Waals surface area contributed by atoms with Crippen molar-refractivity contribution in [3.63, 3.8) is 0 Å². The molecule has 0 aliphatic carbocycles. The molecule has 1 aromatic heterocycles. The maximum Gasteiger partial charge on any atom is 0.209 e. The summed E-state index contributed by atoms with van der Waals surface area (Å²) in [6.45, 7) is 1.57. The fourth-order valence-corrected chi connectivity index (χ4v) is 4.42. The van der Waals surface area contributed by atoms with Gasteiger partial charge in [-0.15, -0.1) is 23.7 Å². The summed E-state index contributed by atoms with van der Waals surface area (Å²) in [6, 6.07) is 0. The van der Waals surface area contributed by atoms with Crippen molar-refractivity contribution in [2.24, 2.45) is 0 Å². The second-order valence-corrected chi connectivity index (χ2v) is 6.59. The van der Waals surface area contributed by atoms with Gasteiger partial charge in [0.05, 0.1) is 5.25 Å². The van der Waals surface area contributed by atoms with Crippen LogP contribution in [0.2, 0.25) is 0 Å². The Morgan fingerprint density at radius 1 is 1.40 bits per heavy atom. The van der Waals surface area contributed by atoms with Crippen LogP contribution >= 0.6 is 23.7 Å². The molecule has 0 unspecified atom stereocenters. The smallest absolute Gasteiger partial charge is 0.209 e. The molecule has 0 amide bonds. The highest BCUT2D eigenvalue weighted by Crippen LogP contribution is 2.23. The maximum atomic E-state index is 12.0. The molecular weight excluding hydrogens is 256 g/mol. The zero-order valence-electron chi connectivity index (χ0n) is 8.05. The molecule has 0 radical (unpaired) electrons. The minimum atomic E-state index is -3.15. The average molecular weight is 269 g/mol. The van der Waals surface area contributed by atoms with E-state index in [2.05, 4.69) is 10.3 Å². The Labute approximate surface area is 99.4 Å². The van der Waals surface area contributed by atoms with E-state index in [0.29, 0.717) is 12.8 Å². The lowest BCUT2D eigenvalue weighted by atomic mass is 10.2. The first-order chi connectivity index (χ1) is 6.71. The van der Waals surface area contributed by atoms with Crippen molar-refractivity contribution in [1.82, 2.24) is 10.3 Å². The quantitative estimate of drug-likeness (QED) is 0.872. The van der Waals surface area contributed by atoms with Gasteiger partial charge in [0.25, 0.3) is 0 Å². The summed E-state index contributed by atoms with van der Waals surface area (Å²) < 4.78 is 24.2. The van der Waals surface area contributed by atoms with Gasteiger partial charge in [0.15, 0.2) is 0 Å². The predicted octanol–water partition coefficient (Wildman–Crippen LogP) is 1.09. The summed E-state index contributed by atoms with van der Waals surface area (Å²) in [5.74, 6) is 0. The van der Waals surface area contributed by atoms with Crippen molar-refractivity contribution in [1.29, 1.82) is 0 Å². The van der Waals surface area contributed by atoms with Crippen molar-refractivity contribution in [2.45, 2.75) is 22.4 Å². The van der Waals surface area contributed by atoms with E-state index in [1.165, 1.54) is 11.3 Å². The number of thiazole rings is 1. The number of rotatable bonds is 2. The van der Waals surface area contributed by atoms with Crippen LogP contribution in [0.15, 0.2) is 15.9 Å². The van der Waals surface area contributed by atoms with Crippen LogP contribution in [0.1, 0.15) is 12.8 Å². The molecule has 1 saturated heterocycles. The van der Waals surface area contributed by atoms with Gasteiger partial charge >= 0.3 is 0 Å². The van der Waals surface area contributed by atoms with Crippen LogP contribution in [-0.2, 0) is 9.84 Å². The Hall–Kier alpha value is -0.170. The molecule has 7 heteroatoms. The van der Waals surface area contributed by atoms with Gasteiger partial charge in [-0.2, -0.15) is 0 Å². The van der Waals surface area contributed by atoms with Crippen LogP contribution in [-0.4, -0.2) is 31.7 Å². The Morgan fingerprint density at radius 3 is 2.60 bits per heavy atom. The zero-order valence-corrected chi connectivity index (χ0v) is 10.5. The molecule has 15 heavy (non-hydrogen) atoms. The van der Waals surface area contributed by atoms with Crippen LogP contribution in [0.25, 0.3) is 0 Å². The van der Waals surface area contributed by atoms with Crippen molar-refractivity contribution in [3.05, 3.63) is 11.6 Å². The summed E-state index contributed by atoms with van der Waals surface area (Å²) in [6.07, 6.45) is 2.93. The van der Waals surface area contributed by atoms with Crippen molar-refractivity contribution < 1.29 is 8.42 Å². The summed E-state index contributed by atoms with van der Waals surface area (Å²) >= 11 is 1.20. The molecule has 0 saturated carbocycles.